The maximum atomic E-state index is 13.8. The van der Waals surface area contributed by atoms with Gasteiger partial charge in [0, 0.05) is 10.4 Å². The second-order valence-electron chi connectivity index (χ2n) is 4.54. The van der Waals surface area contributed by atoms with E-state index in [2.05, 4.69) is 27.6 Å². The maximum absolute atomic E-state index is 13.8. The molecule has 0 aliphatic carbocycles. The molecule has 0 aliphatic heterocycles. The van der Waals surface area contributed by atoms with Gasteiger partial charge in [-0.25, -0.2) is 4.79 Å². The number of esters is 1. The number of allylic oxidation sites excluding steroid dienone is 1. The van der Waals surface area contributed by atoms with E-state index in [1.54, 1.807) is 6.92 Å². The lowest BCUT2D eigenvalue weighted by atomic mass is 9.93. The van der Waals surface area contributed by atoms with E-state index >= 15 is 0 Å². The average molecular weight is 343 g/mol. The van der Waals surface area contributed by atoms with E-state index in [4.69, 9.17) is 0 Å². The molecule has 0 bridgehead atoms. The summed E-state index contributed by atoms with van der Waals surface area (Å²) in [5, 5.41) is 0. The van der Waals surface area contributed by atoms with Gasteiger partial charge in [0.25, 0.3) is 0 Å². The molecule has 0 fully saturated rings. The summed E-state index contributed by atoms with van der Waals surface area (Å²) in [7, 11) is 0. The highest BCUT2D eigenvalue weighted by molar-refractivity contribution is 9.10. The lowest BCUT2D eigenvalue weighted by Crippen LogP contribution is -2.06. The zero-order valence-corrected chi connectivity index (χ0v) is 13.5. The van der Waals surface area contributed by atoms with Crippen LogP contribution in [-0.2, 0) is 9.53 Å². The first kappa shape index (κ1) is 16.9. The molecule has 1 aromatic carbocycles. The van der Waals surface area contributed by atoms with Gasteiger partial charge >= 0.3 is 5.97 Å². The van der Waals surface area contributed by atoms with Crippen LogP contribution in [0.1, 0.15) is 44.6 Å². The van der Waals surface area contributed by atoms with Crippen LogP contribution in [0, 0.1) is 0 Å². The number of carbonyl (C=O) groups excluding carboxylic acids is 1. The van der Waals surface area contributed by atoms with Crippen molar-refractivity contribution in [3.63, 3.8) is 0 Å². The Balaban J connectivity index is 2.91. The van der Waals surface area contributed by atoms with Crippen molar-refractivity contribution in [2.45, 2.75) is 39.0 Å². The summed E-state index contributed by atoms with van der Waals surface area (Å²) >= 11 is 3.38. The summed E-state index contributed by atoms with van der Waals surface area (Å²) in [5.41, 5.74) is 1.00. The number of rotatable bonds is 7. The van der Waals surface area contributed by atoms with Gasteiger partial charge in [-0.05, 0) is 37.1 Å². The highest BCUT2D eigenvalue weighted by Crippen LogP contribution is 2.27. The molecular formula is C16H20BrFO2. The van der Waals surface area contributed by atoms with Gasteiger partial charge in [0.2, 0.25) is 5.83 Å². The van der Waals surface area contributed by atoms with Crippen LogP contribution in [-0.4, -0.2) is 12.6 Å². The van der Waals surface area contributed by atoms with Crippen LogP contribution in [0.4, 0.5) is 4.39 Å². The van der Waals surface area contributed by atoms with Crippen LogP contribution < -0.4 is 0 Å². The summed E-state index contributed by atoms with van der Waals surface area (Å²) in [6.45, 7) is 3.93. The third kappa shape index (κ3) is 5.45. The molecule has 20 heavy (non-hydrogen) atoms. The van der Waals surface area contributed by atoms with Gasteiger partial charge in [0.05, 0.1) is 6.61 Å². The summed E-state index contributed by atoms with van der Waals surface area (Å²) in [6.07, 6.45) is 4.19. The molecule has 2 nitrogen and oxygen atoms in total. The normalized spacial score (nSPS) is 13.1. The number of unbranched alkanes of at least 4 members (excludes halogenated alkanes) is 1. The van der Waals surface area contributed by atoms with Gasteiger partial charge in [0.1, 0.15) is 0 Å². The van der Waals surface area contributed by atoms with E-state index in [1.165, 1.54) is 6.08 Å². The van der Waals surface area contributed by atoms with Crippen LogP contribution in [0.5, 0.6) is 0 Å². The average Bonchev–Trinajstić information content (AvgIpc) is 2.44. The third-order valence-corrected chi connectivity index (χ3v) is 3.51. The molecule has 0 saturated carbocycles. The lowest BCUT2D eigenvalue weighted by Gasteiger charge is -2.13. The van der Waals surface area contributed by atoms with Crippen molar-refractivity contribution in [3.05, 3.63) is 46.2 Å². The van der Waals surface area contributed by atoms with Gasteiger partial charge in [-0.15, -0.1) is 0 Å². The van der Waals surface area contributed by atoms with Crippen molar-refractivity contribution in [3.8, 4) is 0 Å². The van der Waals surface area contributed by atoms with E-state index in [0.29, 0.717) is 0 Å². The molecular weight excluding hydrogens is 323 g/mol. The molecule has 0 spiro atoms. The second-order valence-corrected chi connectivity index (χ2v) is 5.45. The number of hydrogen-bond donors (Lipinski definition) is 0. The Morgan fingerprint density at radius 3 is 2.55 bits per heavy atom. The number of hydrogen-bond acceptors (Lipinski definition) is 2. The minimum absolute atomic E-state index is 0.104. The van der Waals surface area contributed by atoms with Gasteiger partial charge in [-0.2, -0.15) is 4.39 Å². The largest absolute Gasteiger partial charge is 0.461 e. The molecule has 0 aliphatic rings. The van der Waals surface area contributed by atoms with Gasteiger partial charge in [-0.3, -0.25) is 0 Å². The Bertz CT molecular complexity index is 454. The first-order valence-electron chi connectivity index (χ1n) is 6.88. The SMILES string of the molecule is CCCC[C@H](/C=C(\F)C(=O)OCC)c1ccc(Br)cc1. The Labute approximate surface area is 128 Å². The van der Waals surface area contributed by atoms with Crippen molar-refractivity contribution in [2.24, 2.45) is 0 Å². The van der Waals surface area contributed by atoms with Crippen molar-refractivity contribution in [1.29, 1.82) is 0 Å². The summed E-state index contributed by atoms with van der Waals surface area (Å²) < 4.78 is 19.5. The van der Waals surface area contributed by atoms with E-state index in [1.807, 2.05) is 24.3 Å². The number of ether oxygens (including phenoxy) is 1. The summed E-state index contributed by atoms with van der Waals surface area (Å²) in [6, 6.07) is 7.73. The first-order chi connectivity index (χ1) is 9.58. The van der Waals surface area contributed by atoms with E-state index in [9.17, 15) is 9.18 Å². The summed E-state index contributed by atoms with van der Waals surface area (Å²) in [4.78, 5) is 11.4. The molecule has 0 aromatic heterocycles. The fourth-order valence-corrected chi connectivity index (χ4v) is 2.19. The Kier molecular flexibility index (Phi) is 7.52. The molecule has 0 heterocycles. The monoisotopic (exact) mass is 342 g/mol. The smallest absolute Gasteiger partial charge is 0.366 e. The van der Waals surface area contributed by atoms with Gasteiger partial charge in [-0.1, -0.05) is 47.8 Å². The highest BCUT2D eigenvalue weighted by atomic mass is 79.9. The molecule has 0 amide bonds. The van der Waals surface area contributed by atoms with Gasteiger partial charge < -0.3 is 4.74 Å². The van der Waals surface area contributed by atoms with E-state index < -0.39 is 11.8 Å². The molecule has 0 N–H and O–H groups in total. The lowest BCUT2D eigenvalue weighted by molar-refractivity contribution is -0.140. The highest BCUT2D eigenvalue weighted by Gasteiger charge is 2.15. The molecule has 110 valence electrons. The minimum atomic E-state index is -0.883. The predicted octanol–water partition coefficient (Wildman–Crippen LogP) is 5.14. The molecule has 0 radical (unpaired) electrons. The van der Waals surface area contributed by atoms with Crippen molar-refractivity contribution in [2.75, 3.05) is 6.61 Å². The molecule has 4 heteroatoms. The number of halogens is 2. The zero-order valence-electron chi connectivity index (χ0n) is 11.9. The van der Waals surface area contributed by atoms with Crippen LogP contribution in [0.3, 0.4) is 0 Å². The molecule has 1 atom stereocenters. The second kappa shape index (κ2) is 8.90. The van der Waals surface area contributed by atoms with E-state index in [0.717, 1.165) is 29.3 Å². The van der Waals surface area contributed by atoms with E-state index in [-0.39, 0.29) is 12.5 Å². The fraction of sp³-hybridized carbons (Fsp3) is 0.438. The van der Waals surface area contributed by atoms with Crippen molar-refractivity contribution < 1.29 is 13.9 Å². The van der Waals surface area contributed by atoms with Crippen LogP contribution >= 0.6 is 15.9 Å². The first-order valence-corrected chi connectivity index (χ1v) is 7.67. The van der Waals surface area contributed by atoms with Crippen LogP contribution in [0.15, 0.2) is 40.6 Å². The van der Waals surface area contributed by atoms with Crippen LogP contribution in [0.25, 0.3) is 0 Å². The minimum Gasteiger partial charge on any atom is -0.461 e. The Morgan fingerprint density at radius 2 is 2.00 bits per heavy atom. The molecule has 0 unspecified atom stereocenters. The van der Waals surface area contributed by atoms with Crippen molar-refractivity contribution in [1.82, 2.24) is 0 Å². The van der Waals surface area contributed by atoms with Gasteiger partial charge in [0.15, 0.2) is 0 Å². The standard InChI is InChI=1S/C16H20BrFO2/c1-3-5-6-13(11-15(18)16(19)20-4-2)12-7-9-14(17)10-8-12/h7-11,13H,3-6H2,1-2H3/b15-11-/t13-/m1/s1. The predicted molar refractivity (Wildman–Crippen MR) is 82.2 cm³/mol. The Morgan fingerprint density at radius 1 is 1.35 bits per heavy atom. The molecule has 1 aromatic rings. The van der Waals surface area contributed by atoms with Crippen LogP contribution in [0.2, 0.25) is 0 Å². The summed E-state index contributed by atoms with van der Waals surface area (Å²) in [5.74, 6) is -1.80. The maximum Gasteiger partial charge on any atom is 0.366 e. The Hall–Kier alpha value is -1.16. The molecule has 0 saturated heterocycles. The van der Waals surface area contributed by atoms with Crippen molar-refractivity contribution >= 4 is 21.9 Å². The number of benzene rings is 1. The topological polar surface area (TPSA) is 26.3 Å². The number of carbonyl (C=O) groups is 1. The third-order valence-electron chi connectivity index (χ3n) is 2.98. The fourth-order valence-electron chi connectivity index (χ4n) is 1.92. The quantitative estimate of drug-likeness (QED) is 0.506. The zero-order chi connectivity index (χ0) is 15.0. The molecule has 1 rings (SSSR count).